The van der Waals surface area contributed by atoms with Crippen LogP contribution in [-0.4, -0.2) is 0 Å². The molecule has 0 bridgehead atoms. The molecule has 2 rings (SSSR count). The third-order valence-electron chi connectivity index (χ3n) is 3.10. The summed E-state index contributed by atoms with van der Waals surface area (Å²) >= 11 is 0. The summed E-state index contributed by atoms with van der Waals surface area (Å²) in [6.07, 6.45) is 0.782. The Balaban J connectivity index is 2.70. The van der Waals surface area contributed by atoms with Crippen molar-refractivity contribution in [3.05, 3.63) is 58.9 Å². The van der Waals surface area contributed by atoms with Gasteiger partial charge in [0.25, 0.3) is 0 Å². The Morgan fingerprint density at radius 3 is 2.17 bits per heavy atom. The Morgan fingerprint density at radius 1 is 1.00 bits per heavy atom. The zero-order chi connectivity index (χ0) is 13.3. The minimum atomic E-state index is -0.905. The van der Waals surface area contributed by atoms with Crippen molar-refractivity contribution in [2.75, 3.05) is 0 Å². The Morgan fingerprint density at radius 2 is 1.61 bits per heavy atom. The number of rotatable bonds is 2. The molecule has 0 saturated heterocycles. The van der Waals surface area contributed by atoms with Gasteiger partial charge in [0.05, 0.1) is 5.56 Å². The summed E-state index contributed by atoms with van der Waals surface area (Å²) < 4.78 is 40.4. The van der Waals surface area contributed by atoms with Gasteiger partial charge in [-0.1, -0.05) is 25.1 Å². The molecule has 2 aromatic carbocycles. The Bertz CT molecular complexity index is 565. The number of hydrogen-bond donors (Lipinski definition) is 0. The zero-order valence-electron chi connectivity index (χ0n) is 10.2. The standard InChI is InChI=1S/C15H13F3/c1-3-10-5-4-6-12(9(10)2)15-13(17)7-11(16)8-14(15)18/h4-8H,3H2,1-2H3. The largest absolute Gasteiger partial charge is 0.207 e. The van der Waals surface area contributed by atoms with Crippen molar-refractivity contribution >= 4 is 0 Å². The van der Waals surface area contributed by atoms with Crippen LogP contribution in [0, 0.1) is 24.4 Å². The van der Waals surface area contributed by atoms with Crippen LogP contribution in [0.4, 0.5) is 13.2 Å². The lowest BCUT2D eigenvalue weighted by Gasteiger charge is -2.12. The molecule has 3 heteroatoms. The van der Waals surface area contributed by atoms with Crippen LogP contribution in [0.25, 0.3) is 11.1 Å². The van der Waals surface area contributed by atoms with Gasteiger partial charge in [0.15, 0.2) is 0 Å². The summed E-state index contributed by atoms with van der Waals surface area (Å²) in [7, 11) is 0. The van der Waals surface area contributed by atoms with Gasteiger partial charge in [-0.15, -0.1) is 0 Å². The van der Waals surface area contributed by atoms with E-state index in [2.05, 4.69) is 0 Å². The highest BCUT2D eigenvalue weighted by Gasteiger charge is 2.16. The van der Waals surface area contributed by atoms with Gasteiger partial charge in [-0.3, -0.25) is 0 Å². The second-order valence-electron chi connectivity index (χ2n) is 4.19. The minimum absolute atomic E-state index is 0.163. The molecule has 2 aromatic rings. The number of halogens is 3. The highest BCUT2D eigenvalue weighted by molar-refractivity contribution is 5.69. The van der Waals surface area contributed by atoms with E-state index in [1.807, 2.05) is 19.9 Å². The highest BCUT2D eigenvalue weighted by atomic mass is 19.1. The number of hydrogen-bond acceptors (Lipinski definition) is 0. The summed E-state index contributed by atoms with van der Waals surface area (Å²) in [4.78, 5) is 0. The first-order valence-electron chi connectivity index (χ1n) is 5.78. The van der Waals surface area contributed by atoms with E-state index in [0.29, 0.717) is 17.7 Å². The lowest BCUT2D eigenvalue weighted by Crippen LogP contribution is -1.97. The van der Waals surface area contributed by atoms with Crippen molar-refractivity contribution in [3.8, 4) is 11.1 Å². The van der Waals surface area contributed by atoms with Crippen LogP contribution < -0.4 is 0 Å². The van der Waals surface area contributed by atoms with Crippen LogP contribution in [0.3, 0.4) is 0 Å². The molecule has 0 aliphatic heterocycles. The molecule has 0 aromatic heterocycles. The molecule has 0 N–H and O–H groups in total. The van der Waals surface area contributed by atoms with Gasteiger partial charge in [-0.25, -0.2) is 13.2 Å². The van der Waals surface area contributed by atoms with Crippen molar-refractivity contribution in [3.63, 3.8) is 0 Å². The third-order valence-corrected chi connectivity index (χ3v) is 3.10. The van der Waals surface area contributed by atoms with Crippen molar-refractivity contribution in [2.24, 2.45) is 0 Å². The van der Waals surface area contributed by atoms with Crippen LogP contribution in [0.15, 0.2) is 30.3 Å². The maximum atomic E-state index is 13.7. The lowest BCUT2D eigenvalue weighted by molar-refractivity contribution is 0.548. The Labute approximate surface area is 104 Å². The number of aryl methyl sites for hydroxylation is 1. The molecular formula is C15H13F3. The highest BCUT2D eigenvalue weighted by Crippen LogP contribution is 2.31. The van der Waals surface area contributed by atoms with E-state index in [9.17, 15) is 13.2 Å². The molecule has 0 saturated carbocycles. The predicted octanol–water partition coefficient (Wildman–Crippen LogP) is 4.64. The summed E-state index contributed by atoms with van der Waals surface area (Å²) in [5.74, 6) is -2.65. The molecular weight excluding hydrogens is 237 g/mol. The molecule has 0 amide bonds. The second-order valence-corrected chi connectivity index (χ2v) is 4.19. The molecule has 0 aliphatic carbocycles. The molecule has 18 heavy (non-hydrogen) atoms. The molecule has 0 spiro atoms. The number of benzene rings is 2. The van der Waals surface area contributed by atoms with Crippen LogP contribution in [0.1, 0.15) is 18.1 Å². The van der Waals surface area contributed by atoms with E-state index in [1.54, 1.807) is 12.1 Å². The summed E-state index contributed by atoms with van der Waals surface area (Å²) in [5, 5.41) is 0. The molecule has 94 valence electrons. The van der Waals surface area contributed by atoms with Crippen LogP contribution in [-0.2, 0) is 6.42 Å². The van der Waals surface area contributed by atoms with Crippen molar-refractivity contribution in [1.82, 2.24) is 0 Å². The Hall–Kier alpha value is -1.77. The lowest BCUT2D eigenvalue weighted by atomic mass is 9.94. The topological polar surface area (TPSA) is 0 Å². The van der Waals surface area contributed by atoms with E-state index < -0.39 is 17.5 Å². The SMILES string of the molecule is CCc1cccc(-c2c(F)cc(F)cc2F)c1C. The summed E-state index contributed by atoms with van der Waals surface area (Å²) in [5.41, 5.74) is 2.16. The average Bonchev–Trinajstić information content (AvgIpc) is 2.30. The van der Waals surface area contributed by atoms with Crippen LogP contribution >= 0.6 is 0 Å². The van der Waals surface area contributed by atoms with Crippen molar-refractivity contribution in [2.45, 2.75) is 20.3 Å². The fraction of sp³-hybridized carbons (Fsp3) is 0.200. The van der Waals surface area contributed by atoms with Gasteiger partial charge >= 0.3 is 0 Å². The van der Waals surface area contributed by atoms with Crippen molar-refractivity contribution < 1.29 is 13.2 Å². The van der Waals surface area contributed by atoms with Gasteiger partial charge in [-0.2, -0.15) is 0 Å². The van der Waals surface area contributed by atoms with E-state index in [1.165, 1.54) is 0 Å². The average molecular weight is 250 g/mol. The smallest absolute Gasteiger partial charge is 0.136 e. The summed E-state index contributed by atoms with van der Waals surface area (Å²) in [6.45, 7) is 3.79. The van der Waals surface area contributed by atoms with Crippen molar-refractivity contribution in [1.29, 1.82) is 0 Å². The molecule has 0 radical (unpaired) electrons. The Kier molecular flexibility index (Phi) is 3.41. The minimum Gasteiger partial charge on any atom is -0.207 e. The fourth-order valence-corrected chi connectivity index (χ4v) is 2.14. The molecule has 0 unspecified atom stereocenters. The quantitative estimate of drug-likeness (QED) is 0.728. The maximum absolute atomic E-state index is 13.7. The van der Waals surface area contributed by atoms with Crippen LogP contribution in [0.5, 0.6) is 0 Å². The molecule has 0 aliphatic rings. The normalized spacial score (nSPS) is 10.7. The molecule has 0 nitrogen and oxygen atoms in total. The van der Waals surface area contributed by atoms with Gasteiger partial charge in [0.1, 0.15) is 17.5 Å². The van der Waals surface area contributed by atoms with Gasteiger partial charge in [0, 0.05) is 12.1 Å². The van der Waals surface area contributed by atoms with E-state index in [-0.39, 0.29) is 5.56 Å². The van der Waals surface area contributed by atoms with Crippen LogP contribution in [0.2, 0.25) is 0 Å². The van der Waals surface area contributed by atoms with Gasteiger partial charge in [-0.05, 0) is 30.0 Å². The maximum Gasteiger partial charge on any atom is 0.136 e. The monoisotopic (exact) mass is 250 g/mol. The van der Waals surface area contributed by atoms with Gasteiger partial charge < -0.3 is 0 Å². The molecule has 0 atom stereocenters. The van der Waals surface area contributed by atoms with E-state index in [4.69, 9.17) is 0 Å². The first kappa shape index (κ1) is 12.7. The second kappa shape index (κ2) is 4.84. The van der Waals surface area contributed by atoms with E-state index >= 15 is 0 Å². The predicted molar refractivity (Wildman–Crippen MR) is 65.9 cm³/mol. The van der Waals surface area contributed by atoms with E-state index in [0.717, 1.165) is 17.5 Å². The zero-order valence-corrected chi connectivity index (χ0v) is 10.2. The first-order chi connectivity index (χ1) is 8.54. The molecule has 0 heterocycles. The molecule has 0 fully saturated rings. The fourth-order valence-electron chi connectivity index (χ4n) is 2.14. The van der Waals surface area contributed by atoms with Gasteiger partial charge in [0.2, 0.25) is 0 Å². The third kappa shape index (κ3) is 2.13. The summed E-state index contributed by atoms with van der Waals surface area (Å²) in [6, 6.07) is 6.72. The first-order valence-corrected chi connectivity index (χ1v) is 5.78.